The van der Waals surface area contributed by atoms with Gasteiger partial charge in [0.1, 0.15) is 19.3 Å². The zero-order chi connectivity index (χ0) is 44.8. The summed E-state index contributed by atoms with van der Waals surface area (Å²) in [7, 11) is 1.68. The van der Waals surface area contributed by atoms with Crippen molar-refractivity contribution in [2.75, 3.05) is 54.1 Å². The number of carbonyl (C=O) groups excluding carboxylic acids is 1. The van der Waals surface area contributed by atoms with Crippen LogP contribution >= 0.6 is 7.82 Å². The number of nitrogens with zero attached hydrogens (tertiary/aromatic N) is 1. The lowest BCUT2D eigenvalue weighted by Gasteiger charge is -2.24. The van der Waals surface area contributed by atoms with Crippen molar-refractivity contribution >= 4 is 13.8 Å². The molecule has 9 heteroatoms. The van der Waals surface area contributed by atoms with Crippen molar-refractivity contribution in [2.45, 2.75) is 264 Å². The van der Waals surface area contributed by atoms with Crippen molar-refractivity contribution in [2.24, 2.45) is 0 Å². The third kappa shape index (κ3) is 50.1. The summed E-state index contributed by atoms with van der Waals surface area (Å²) in [5, 5.41) is 0. The van der Waals surface area contributed by atoms with Gasteiger partial charge in [-0.2, -0.15) is 0 Å². The highest BCUT2D eigenvalue weighted by Crippen LogP contribution is 2.43. The van der Waals surface area contributed by atoms with Crippen LogP contribution in [0.4, 0.5) is 0 Å². The number of allylic oxidation sites excluding steroid dienone is 2. The minimum absolute atomic E-state index is 0.0914. The average Bonchev–Trinajstić information content (AvgIpc) is 3.22. The summed E-state index contributed by atoms with van der Waals surface area (Å²) in [4.78, 5) is 23.0. The molecule has 0 aliphatic rings. The first kappa shape index (κ1) is 60.2. The van der Waals surface area contributed by atoms with Crippen LogP contribution in [0.1, 0.15) is 258 Å². The first-order chi connectivity index (χ1) is 29.6. The SMILES string of the molecule is CCCCCCCC/C=C\CCCCCCCCCC(=O)OC(COCCCCCCCCCCCCCCCCCCCCCCCC)COP(=O)(O)OCC[N+](C)(C)C. The fourth-order valence-electron chi connectivity index (χ4n) is 7.73. The Labute approximate surface area is 380 Å². The fraction of sp³-hybridized carbons (Fsp3) is 0.942. The highest BCUT2D eigenvalue weighted by Gasteiger charge is 2.26. The van der Waals surface area contributed by atoms with Crippen LogP contribution in [0, 0.1) is 0 Å². The van der Waals surface area contributed by atoms with E-state index in [4.69, 9.17) is 18.5 Å². The molecule has 0 saturated heterocycles. The first-order valence-electron chi connectivity index (χ1n) is 26.4. The molecule has 0 bridgehead atoms. The number of rotatable bonds is 50. The molecular weight excluding hydrogens is 782 g/mol. The molecule has 8 nitrogen and oxygen atoms in total. The van der Waals surface area contributed by atoms with E-state index in [9.17, 15) is 14.3 Å². The molecule has 0 spiro atoms. The number of unbranched alkanes of at least 4 members (excludes halogenated alkanes) is 34. The predicted molar refractivity (Wildman–Crippen MR) is 261 cm³/mol. The Hall–Kier alpha value is -0.760. The van der Waals surface area contributed by atoms with Gasteiger partial charge in [0.25, 0.3) is 0 Å². The highest BCUT2D eigenvalue weighted by atomic mass is 31.2. The number of hydrogen-bond acceptors (Lipinski definition) is 6. The molecule has 0 heterocycles. The number of carbonyl (C=O) groups is 1. The van der Waals surface area contributed by atoms with E-state index in [1.54, 1.807) is 0 Å². The van der Waals surface area contributed by atoms with E-state index in [0.29, 0.717) is 24.1 Å². The van der Waals surface area contributed by atoms with Gasteiger partial charge in [-0.05, 0) is 38.5 Å². The molecule has 2 unspecified atom stereocenters. The Morgan fingerprint density at radius 2 is 0.852 bits per heavy atom. The van der Waals surface area contributed by atoms with Gasteiger partial charge in [-0.3, -0.25) is 13.8 Å². The second-order valence-electron chi connectivity index (χ2n) is 19.3. The summed E-state index contributed by atoms with van der Waals surface area (Å²) in [6.45, 7) is 5.68. The maximum Gasteiger partial charge on any atom is 0.472 e. The molecule has 0 aromatic carbocycles. The summed E-state index contributed by atoms with van der Waals surface area (Å²) in [6.07, 6.45) is 52.6. The molecule has 2 atom stereocenters. The van der Waals surface area contributed by atoms with Crippen molar-refractivity contribution in [3.8, 4) is 0 Å². The van der Waals surface area contributed by atoms with E-state index in [2.05, 4.69) is 26.0 Å². The van der Waals surface area contributed by atoms with Crippen molar-refractivity contribution in [1.82, 2.24) is 0 Å². The van der Waals surface area contributed by atoms with Crippen LogP contribution in [0.3, 0.4) is 0 Å². The highest BCUT2D eigenvalue weighted by molar-refractivity contribution is 7.47. The summed E-state index contributed by atoms with van der Waals surface area (Å²) in [6, 6.07) is 0. The van der Waals surface area contributed by atoms with Crippen molar-refractivity contribution in [3.63, 3.8) is 0 Å². The van der Waals surface area contributed by atoms with E-state index in [0.717, 1.165) is 32.1 Å². The number of likely N-dealkylation sites (N-methyl/N-ethyl adjacent to an activating group) is 1. The first-order valence-corrected chi connectivity index (χ1v) is 27.9. The lowest BCUT2D eigenvalue weighted by molar-refractivity contribution is -0.870. The molecular formula is C52H105NO7P+. The van der Waals surface area contributed by atoms with E-state index in [-0.39, 0.29) is 25.8 Å². The second kappa shape index (κ2) is 45.8. The number of esters is 1. The van der Waals surface area contributed by atoms with Crippen LogP contribution in [0.2, 0.25) is 0 Å². The predicted octanol–water partition coefficient (Wildman–Crippen LogP) is 16.2. The number of hydrogen-bond donors (Lipinski definition) is 1. The van der Waals surface area contributed by atoms with Gasteiger partial charge in [-0.1, -0.05) is 225 Å². The topological polar surface area (TPSA) is 91.3 Å². The lowest BCUT2D eigenvalue weighted by atomic mass is 10.0. The molecule has 1 N–H and O–H groups in total. The number of phosphoric ester groups is 1. The van der Waals surface area contributed by atoms with Crippen LogP contribution in [-0.2, 0) is 27.9 Å². The summed E-state index contributed by atoms with van der Waals surface area (Å²) in [5.41, 5.74) is 0. The van der Waals surface area contributed by atoms with Crippen molar-refractivity contribution < 1.29 is 37.3 Å². The molecule has 0 radical (unpaired) electrons. The van der Waals surface area contributed by atoms with Gasteiger partial charge in [0, 0.05) is 13.0 Å². The minimum atomic E-state index is -4.28. The van der Waals surface area contributed by atoms with Crippen LogP contribution in [0.25, 0.3) is 0 Å². The quantitative estimate of drug-likeness (QED) is 0.0214. The largest absolute Gasteiger partial charge is 0.472 e. The second-order valence-corrected chi connectivity index (χ2v) is 20.7. The lowest BCUT2D eigenvalue weighted by Crippen LogP contribution is -2.37. The molecule has 0 rings (SSSR count). The molecule has 61 heavy (non-hydrogen) atoms. The molecule has 0 aromatic heterocycles. The number of phosphoric acid groups is 1. The Bertz CT molecular complexity index is 987. The molecule has 0 saturated carbocycles. The molecule has 0 aromatic rings. The monoisotopic (exact) mass is 887 g/mol. The number of quaternary nitrogens is 1. The molecule has 0 fully saturated rings. The third-order valence-electron chi connectivity index (χ3n) is 11.8. The van der Waals surface area contributed by atoms with Crippen molar-refractivity contribution in [3.05, 3.63) is 12.2 Å². The van der Waals surface area contributed by atoms with Gasteiger partial charge < -0.3 is 18.9 Å². The summed E-state index contributed by atoms with van der Waals surface area (Å²) >= 11 is 0. The average molecular weight is 887 g/mol. The van der Waals surface area contributed by atoms with E-state index >= 15 is 0 Å². The molecule has 0 aliphatic heterocycles. The Morgan fingerprint density at radius 1 is 0.492 bits per heavy atom. The van der Waals surface area contributed by atoms with Crippen LogP contribution < -0.4 is 0 Å². The van der Waals surface area contributed by atoms with Crippen molar-refractivity contribution in [1.29, 1.82) is 0 Å². The van der Waals surface area contributed by atoms with Gasteiger partial charge >= 0.3 is 13.8 Å². The maximum atomic E-state index is 12.8. The normalized spacial score (nSPS) is 13.6. The van der Waals surface area contributed by atoms with Gasteiger partial charge in [-0.25, -0.2) is 4.57 Å². The van der Waals surface area contributed by atoms with Crippen LogP contribution in [0.5, 0.6) is 0 Å². The van der Waals surface area contributed by atoms with Gasteiger partial charge in [0.15, 0.2) is 0 Å². The number of ether oxygens (including phenoxy) is 2. The van der Waals surface area contributed by atoms with Gasteiger partial charge in [-0.15, -0.1) is 0 Å². The third-order valence-corrected chi connectivity index (χ3v) is 12.8. The minimum Gasteiger partial charge on any atom is -0.457 e. The van der Waals surface area contributed by atoms with Gasteiger partial charge in [0.05, 0.1) is 34.4 Å². The zero-order valence-corrected chi connectivity index (χ0v) is 42.3. The van der Waals surface area contributed by atoms with Crippen LogP contribution in [-0.4, -0.2) is 75.6 Å². The Morgan fingerprint density at radius 3 is 1.25 bits per heavy atom. The van der Waals surface area contributed by atoms with E-state index < -0.39 is 13.9 Å². The van der Waals surface area contributed by atoms with Gasteiger partial charge in [0.2, 0.25) is 0 Å². The Balaban J connectivity index is 4.07. The summed E-state index contributed by atoms with van der Waals surface area (Å²) < 4.78 is 35.2. The maximum absolute atomic E-state index is 12.8. The molecule has 0 amide bonds. The molecule has 0 aliphatic carbocycles. The standard InChI is InChI=1S/C52H104NO7P/c1-6-8-10-12-14-16-18-20-22-24-25-26-27-28-30-32-34-36-38-40-42-44-47-57-49-51(50-59-61(55,56)58-48-46-53(3,4)5)60-52(54)45-43-41-39-37-35-33-31-29-23-21-19-17-15-13-11-9-7-2/h21,23,51H,6-20,22,24-50H2,1-5H3/p+1/b23-21-. The zero-order valence-electron chi connectivity index (χ0n) is 41.4. The van der Waals surface area contributed by atoms with E-state index in [1.807, 2.05) is 21.1 Å². The summed E-state index contributed by atoms with van der Waals surface area (Å²) in [5.74, 6) is -0.312. The smallest absolute Gasteiger partial charge is 0.457 e. The van der Waals surface area contributed by atoms with Crippen LogP contribution in [0.15, 0.2) is 12.2 Å². The fourth-order valence-corrected chi connectivity index (χ4v) is 8.47. The Kier molecular flexibility index (Phi) is 45.2. The molecule has 364 valence electrons. The van der Waals surface area contributed by atoms with E-state index in [1.165, 1.54) is 205 Å².